The van der Waals surface area contributed by atoms with Gasteiger partial charge < -0.3 is 19.9 Å². The van der Waals surface area contributed by atoms with Crippen molar-refractivity contribution in [2.45, 2.75) is 45.1 Å². The monoisotopic (exact) mass is 472 g/mol. The van der Waals surface area contributed by atoms with E-state index in [0.29, 0.717) is 25.1 Å². The number of rotatable bonds is 6. The number of hydrogen-bond donors (Lipinski definition) is 2. The molecule has 180 valence electrons. The summed E-state index contributed by atoms with van der Waals surface area (Å²) >= 11 is 0. The normalized spacial score (nSPS) is 20.1. The van der Waals surface area contributed by atoms with Gasteiger partial charge in [0.2, 0.25) is 5.43 Å². The van der Waals surface area contributed by atoms with Crippen LogP contribution >= 0.6 is 0 Å². The second-order valence-corrected chi connectivity index (χ2v) is 9.20. The fraction of sp³-hybridized carbons (Fsp3) is 0.458. The number of nitrogens with zero attached hydrogens (tertiary/aromatic N) is 3. The van der Waals surface area contributed by atoms with Crippen LogP contribution in [0, 0.1) is 17.6 Å². The zero-order chi connectivity index (χ0) is 24.0. The van der Waals surface area contributed by atoms with Gasteiger partial charge in [-0.1, -0.05) is 6.07 Å². The van der Waals surface area contributed by atoms with E-state index in [0.717, 1.165) is 25.6 Å². The smallest absolute Gasteiger partial charge is 0.272 e. The number of carbonyl (C=O) groups is 2. The van der Waals surface area contributed by atoms with Gasteiger partial charge in [0.25, 0.3) is 11.8 Å². The molecule has 0 spiro atoms. The second-order valence-electron chi connectivity index (χ2n) is 9.20. The van der Waals surface area contributed by atoms with E-state index in [2.05, 4.69) is 10.2 Å². The number of benzene rings is 1. The van der Waals surface area contributed by atoms with E-state index in [1.54, 1.807) is 9.47 Å². The molecular formula is C24H26F2N4O4. The van der Waals surface area contributed by atoms with E-state index in [1.165, 1.54) is 25.1 Å². The summed E-state index contributed by atoms with van der Waals surface area (Å²) in [4.78, 5) is 43.3. The highest BCUT2D eigenvalue weighted by Gasteiger charge is 2.41. The van der Waals surface area contributed by atoms with Crippen molar-refractivity contribution in [2.24, 2.45) is 5.92 Å². The number of nitrogens with one attached hydrogen (secondary N) is 1. The van der Waals surface area contributed by atoms with Crippen molar-refractivity contribution < 1.29 is 23.5 Å². The molecule has 1 atom stereocenters. The molecule has 5 rings (SSSR count). The van der Waals surface area contributed by atoms with Crippen LogP contribution in [0.5, 0.6) is 0 Å². The van der Waals surface area contributed by atoms with E-state index in [4.69, 9.17) is 0 Å². The number of hydrogen-bond acceptors (Lipinski definition) is 5. The minimum absolute atomic E-state index is 0.0685. The van der Waals surface area contributed by atoms with Crippen LogP contribution in [0.15, 0.2) is 29.2 Å². The van der Waals surface area contributed by atoms with E-state index in [-0.39, 0.29) is 41.0 Å². The minimum atomic E-state index is -0.808. The number of halogens is 2. The number of carbonyl (C=O) groups excluding carboxylic acids is 2. The lowest BCUT2D eigenvalue weighted by molar-refractivity contribution is -0.0119. The van der Waals surface area contributed by atoms with Crippen molar-refractivity contribution in [3.05, 3.63) is 68.6 Å². The Morgan fingerprint density at radius 2 is 1.97 bits per heavy atom. The number of aliphatic hydroxyl groups is 1. The fourth-order valence-electron chi connectivity index (χ4n) is 4.91. The zero-order valence-electron chi connectivity index (χ0n) is 18.6. The zero-order valence-corrected chi connectivity index (χ0v) is 18.6. The highest BCUT2D eigenvalue weighted by Crippen LogP contribution is 2.33. The predicted octanol–water partition coefficient (Wildman–Crippen LogP) is 1.45. The molecule has 2 aromatic rings. The van der Waals surface area contributed by atoms with E-state index in [1.807, 2.05) is 0 Å². The molecule has 3 aliphatic rings. The van der Waals surface area contributed by atoms with Crippen molar-refractivity contribution in [3.63, 3.8) is 0 Å². The van der Waals surface area contributed by atoms with Gasteiger partial charge in [-0.3, -0.25) is 19.3 Å². The molecule has 3 heterocycles. The average Bonchev–Trinajstić information content (AvgIpc) is 3.63. The van der Waals surface area contributed by atoms with Crippen molar-refractivity contribution >= 4 is 11.8 Å². The molecule has 8 nitrogen and oxygen atoms in total. The highest BCUT2D eigenvalue weighted by molar-refractivity contribution is 5.98. The van der Waals surface area contributed by atoms with Crippen LogP contribution < -0.4 is 10.7 Å². The lowest BCUT2D eigenvalue weighted by atomic mass is 10.0. The van der Waals surface area contributed by atoms with Gasteiger partial charge in [0.15, 0.2) is 0 Å². The number of pyridine rings is 1. The molecule has 2 N–H and O–H groups in total. The third kappa shape index (κ3) is 4.12. The van der Waals surface area contributed by atoms with Crippen molar-refractivity contribution in [1.82, 2.24) is 19.7 Å². The van der Waals surface area contributed by atoms with E-state index in [9.17, 15) is 28.3 Å². The van der Waals surface area contributed by atoms with Crippen LogP contribution in [0.25, 0.3) is 0 Å². The van der Waals surface area contributed by atoms with Gasteiger partial charge in [0.05, 0.1) is 18.7 Å². The maximum atomic E-state index is 13.9. The van der Waals surface area contributed by atoms with E-state index < -0.39 is 29.6 Å². The first-order chi connectivity index (χ1) is 16.4. The van der Waals surface area contributed by atoms with Crippen molar-refractivity contribution in [3.8, 4) is 0 Å². The first-order valence-electron chi connectivity index (χ1n) is 11.5. The molecule has 1 aromatic heterocycles. The average molecular weight is 472 g/mol. The molecule has 2 fully saturated rings. The maximum Gasteiger partial charge on any atom is 0.272 e. The van der Waals surface area contributed by atoms with Gasteiger partial charge in [-0.2, -0.15) is 0 Å². The Morgan fingerprint density at radius 1 is 1.18 bits per heavy atom. The van der Waals surface area contributed by atoms with Crippen LogP contribution in [0.4, 0.5) is 8.78 Å². The van der Waals surface area contributed by atoms with Gasteiger partial charge in [-0.05, 0) is 31.2 Å². The summed E-state index contributed by atoms with van der Waals surface area (Å²) in [6.07, 6.45) is 4.40. The fourth-order valence-corrected chi connectivity index (χ4v) is 4.91. The SMILES string of the molecule is O=C(NCc1ccc(F)cc1F)c1cn2c(c(CO)c1=O)C(=O)N1CCCN(CC3CC3)[C@@H]1C2. The minimum Gasteiger partial charge on any atom is -0.391 e. The Hall–Kier alpha value is -3.11. The van der Waals surface area contributed by atoms with Gasteiger partial charge in [0, 0.05) is 44.0 Å². The first kappa shape index (κ1) is 22.7. The standard InChI is InChI=1S/C24H26F2N4O4/c25-16-5-4-15(19(26)8-16)9-27-23(33)17-11-29-12-20-28(10-14-2-3-14)6-1-7-30(20)24(34)21(29)18(13-31)22(17)32/h4-5,8,11,14,20,31H,1-3,6-7,9-10,12-13H2,(H,27,33)/t20-/m0/s1. The molecule has 1 aliphatic carbocycles. The van der Waals surface area contributed by atoms with Gasteiger partial charge >= 0.3 is 0 Å². The Kier molecular flexibility index (Phi) is 5.95. The molecule has 0 radical (unpaired) electrons. The van der Waals surface area contributed by atoms with Crippen LogP contribution in [-0.4, -0.2) is 57.1 Å². The molecule has 0 bridgehead atoms. The Balaban J connectivity index is 1.44. The molecule has 2 amide bonds. The van der Waals surface area contributed by atoms with Crippen LogP contribution in [0.3, 0.4) is 0 Å². The third-order valence-electron chi connectivity index (χ3n) is 6.87. The molecule has 10 heteroatoms. The first-order valence-corrected chi connectivity index (χ1v) is 11.5. The quantitative estimate of drug-likeness (QED) is 0.664. The second kappa shape index (κ2) is 8.92. The molecule has 1 saturated carbocycles. The maximum absolute atomic E-state index is 13.9. The number of amides is 2. The summed E-state index contributed by atoms with van der Waals surface area (Å²) in [6, 6.07) is 3.01. The lowest BCUT2D eigenvalue weighted by Gasteiger charge is -2.47. The molecule has 2 aliphatic heterocycles. The topological polar surface area (TPSA) is 94.9 Å². The highest BCUT2D eigenvalue weighted by atomic mass is 19.1. The summed E-state index contributed by atoms with van der Waals surface area (Å²) in [7, 11) is 0. The summed E-state index contributed by atoms with van der Waals surface area (Å²) in [5, 5.41) is 12.4. The van der Waals surface area contributed by atoms with Crippen LogP contribution in [-0.2, 0) is 19.7 Å². The van der Waals surface area contributed by atoms with Gasteiger partial charge in [0.1, 0.15) is 29.1 Å². The van der Waals surface area contributed by atoms with Crippen LogP contribution in [0.1, 0.15) is 51.2 Å². The van der Waals surface area contributed by atoms with Crippen LogP contribution in [0.2, 0.25) is 0 Å². The predicted molar refractivity (Wildman–Crippen MR) is 118 cm³/mol. The molecule has 1 aromatic carbocycles. The van der Waals surface area contributed by atoms with E-state index >= 15 is 0 Å². The summed E-state index contributed by atoms with van der Waals surface area (Å²) < 4.78 is 28.6. The summed E-state index contributed by atoms with van der Waals surface area (Å²) in [5.41, 5.74) is -0.911. The Bertz CT molecular complexity index is 1210. The summed E-state index contributed by atoms with van der Waals surface area (Å²) in [5.74, 6) is -1.97. The molecular weight excluding hydrogens is 446 g/mol. The number of fused-ring (bicyclic) bond motifs is 2. The Labute approximate surface area is 194 Å². The van der Waals surface area contributed by atoms with Crippen molar-refractivity contribution in [2.75, 3.05) is 19.6 Å². The number of aromatic nitrogens is 1. The van der Waals surface area contributed by atoms with Gasteiger partial charge in [-0.25, -0.2) is 8.78 Å². The number of aliphatic hydroxyl groups excluding tert-OH is 1. The molecule has 0 unspecified atom stereocenters. The Morgan fingerprint density at radius 3 is 2.68 bits per heavy atom. The molecule has 1 saturated heterocycles. The summed E-state index contributed by atoms with van der Waals surface area (Å²) in [6.45, 7) is 1.82. The van der Waals surface area contributed by atoms with Crippen molar-refractivity contribution in [1.29, 1.82) is 0 Å². The lowest BCUT2D eigenvalue weighted by Crippen LogP contribution is -2.61. The van der Waals surface area contributed by atoms with Gasteiger partial charge in [-0.15, -0.1) is 0 Å². The third-order valence-corrected chi connectivity index (χ3v) is 6.87. The largest absolute Gasteiger partial charge is 0.391 e. The molecule has 34 heavy (non-hydrogen) atoms.